The van der Waals surface area contributed by atoms with Crippen molar-refractivity contribution in [3.8, 4) is 11.8 Å². The van der Waals surface area contributed by atoms with Gasteiger partial charge >= 0.3 is 0 Å². The van der Waals surface area contributed by atoms with Crippen LogP contribution in [0, 0.1) is 11.8 Å². The van der Waals surface area contributed by atoms with Gasteiger partial charge in [0.15, 0.2) is 11.6 Å². The molecular weight excluding hydrogens is 310 g/mol. The van der Waals surface area contributed by atoms with Crippen LogP contribution in [0.25, 0.3) is 0 Å². The second-order valence-corrected chi connectivity index (χ2v) is 5.77. The molecule has 3 aromatic carbocycles. The summed E-state index contributed by atoms with van der Waals surface area (Å²) in [6.45, 7) is 0. The van der Waals surface area contributed by atoms with Gasteiger partial charge in [-0.2, -0.15) is 0 Å². The van der Waals surface area contributed by atoms with Crippen LogP contribution in [0.15, 0.2) is 66.7 Å². The van der Waals surface area contributed by atoms with E-state index >= 15 is 0 Å². The number of hydrogen-bond acceptors (Lipinski definition) is 3. The maximum atomic E-state index is 12.8. The van der Waals surface area contributed by atoms with Crippen molar-refractivity contribution in [3.05, 3.63) is 100 Å². The molecule has 118 valence electrons. The summed E-state index contributed by atoms with van der Waals surface area (Å²) in [7, 11) is 0. The molecule has 4 rings (SSSR count). The van der Waals surface area contributed by atoms with Crippen molar-refractivity contribution in [1.29, 1.82) is 0 Å². The third kappa shape index (κ3) is 2.41. The van der Waals surface area contributed by atoms with Gasteiger partial charge in [0, 0.05) is 27.8 Å². The minimum absolute atomic E-state index is 0.181. The van der Waals surface area contributed by atoms with E-state index in [-0.39, 0.29) is 22.8 Å². The first-order valence-electron chi connectivity index (χ1n) is 7.85. The topological polar surface area (TPSA) is 60.2 Å². The molecule has 0 heterocycles. The molecule has 25 heavy (non-hydrogen) atoms. The largest absolute Gasteiger partial charge is 0.397 e. The second-order valence-electron chi connectivity index (χ2n) is 5.77. The molecule has 0 aliphatic heterocycles. The van der Waals surface area contributed by atoms with E-state index in [9.17, 15) is 9.59 Å². The standard InChI is InChI=1S/C22H13NO2/c23-20-15(11-10-14-6-2-1-3-7-14)12-13-18-19(20)22(25)17-9-5-4-8-16(17)21(18)24/h1-9,12-13H,23H2. The van der Waals surface area contributed by atoms with Crippen LogP contribution in [0.3, 0.4) is 0 Å². The van der Waals surface area contributed by atoms with Gasteiger partial charge < -0.3 is 5.73 Å². The van der Waals surface area contributed by atoms with Crippen molar-refractivity contribution in [2.45, 2.75) is 0 Å². The molecule has 0 amide bonds. The third-order valence-electron chi connectivity index (χ3n) is 4.25. The first-order valence-corrected chi connectivity index (χ1v) is 7.85. The SMILES string of the molecule is Nc1c(C#Cc2ccccc2)ccc2c1C(=O)c1ccccc1C2=O. The van der Waals surface area contributed by atoms with E-state index in [1.165, 1.54) is 0 Å². The number of nitrogen functional groups attached to an aromatic ring is 1. The van der Waals surface area contributed by atoms with Gasteiger partial charge in [-0.25, -0.2) is 0 Å². The van der Waals surface area contributed by atoms with Crippen LogP contribution in [0.1, 0.15) is 43.0 Å². The number of benzene rings is 3. The Morgan fingerprint density at radius 2 is 1.28 bits per heavy atom. The van der Waals surface area contributed by atoms with E-state index < -0.39 is 0 Å². The summed E-state index contributed by atoms with van der Waals surface area (Å²) in [5.74, 6) is 5.62. The number of ketones is 2. The van der Waals surface area contributed by atoms with Gasteiger partial charge in [-0.1, -0.05) is 54.3 Å². The maximum absolute atomic E-state index is 12.8. The minimum atomic E-state index is -0.230. The highest BCUT2D eigenvalue weighted by molar-refractivity contribution is 6.30. The van der Waals surface area contributed by atoms with E-state index in [4.69, 9.17) is 5.73 Å². The average Bonchev–Trinajstić information content (AvgIpc) is 2.66. The predicted molar refractivity (Wildman–Crippen MR) is 96.6 cm³/mol. The lowest BCUT2D eigenvalue weighted by atomic mass is 9.82. The lowest BCUT2D eigenvalue weighted by molar-refractivity contribution is 0.0979. The zero-order chi connectivity index (χ0) is 17.4. The van der Waals surface area contributed by atoms with Crippen LogP contribution in [-0.2, 0) is 0 Å². The maximum Gasteiger partial charge on any atom is 0.196 e. The fraction of sp³-hybridized carbons (Fsp3) is 0. The Morgan fingerprint density at radius 3 is 2.00 bits per heavy atom. The predicted octanol–water partition coefficient (Wildman–Crippen LogP) is 3.44. The van der Waals surface area contributed by atoms with Gasteiger partial charge in [-0.05, 0) is 24.3 Å². The molecule has 0 saturated carbocycles. The number of carbonyl (C=O) groups excluding carboxylic acids is 2. The lowest BCUT2D eigenvalue weighted by Gasteiger charge is -2.19. The van der Waals surface area contributed by atoms with Crippen LogP contribution in [0.4, 0.5) is 5.69 Å². The summed E-state index contributed by atoms with van der Waals surface area (Å²) in [6.07, 6.45) is 0. The molecule has 0 bridgehead atoms. The Hall–Kier alpha value is -3.64. The third-order valence-corrected chi connectivity index (χ3v) is 4.25. The van der Waals surface area contributed by atoms with Gasteiger partial charge in [0.05, 0.1) is 11.3 Å². The number of anilines is 1. The van der Waals surface area contributed by atoms with E-state index in [0.29, 0.717) is 22.3 Å². The highest BCUT2D eigenvalue weighted by Crippen LogP contribution is 2.32. The van der Waals surface area contributed by atoms with E-state index in [1.807, 2.05) is 30.3 Å². The van der Waals surface area contributed by atoms with E-state index in [1.54, 1.807) is 36.4 Å². The average molecular weight is 323 g/mol. The quantitative estimate of drug-likeness (QED) is 0.398. The monoisotopic (exact) mass is 323 g/mol. The number of nitrogens with two attached hydrogens (primary N) is 1. The van der Waals surface area contributed by atoms with Gasteiger partial charge in [-0.15, -0.1) is 0 Å². The normalized spacial score (nSPS) is 12.0. The first kappa shape index (κ1) is 14.9. The zero-order valence-corrected chi connectivity index (χ0v) is 13.2. The van der Waals surface area contributed by atoms with Crippen molar-refractivity contribution in [3.63, 3.8) is 0 Å². The molecule has 0 aromatic heterocycles. The molecule has 3 nitrogen and oxygen atoms in total. The number of rotatable bonds is 0. The molecule has 0 radical (unpaired) electrons. The molecule has 0 saturated heterocycles. The summed E-state index contributed by atoms with van der Waals surface area (Å²) in [5.41, 5.74) is 9.26. The van der Waals surface area contributed by atoms with Crippen molar-refractivity contribution in [2.24, 2.45) is 0 Å². The summed E-state index contributed by atoms with van der Waals surface area (Å²) in [4.78, 5) is 25.5. The summed E-state index contributed by atoms with van der Waals surface area (Å²) >= 11 is 0. The summed E-state index contributed by atoms with van der Waals surface area (Å²) in [6, 6.07) is 19.7. The highest BCUT2D eigenvalue weighted by atomic mass is 16.1. The first-order chi connectivity index (χ1) is 12.2. The molecule has 0 atom stereocenters. The van der Waals surface area contributed by atoms with Crippen LogP contribution in [-0.4, -0.2) is 11.6 Å². The fourth-order valence-electron chi connectivity index (χ4n) is 2.98. The van der Waals surface area contributed by atoms with Crippen LogP contribution in [0.2, 0.25) is 0 Å². The number of hydrogen-bond donors (Lipinski definition) is 1. The minimum Gasteiger partial charge on any atom is -0.397 e. The Bertz CT molecular complexity index is 1090. The number of carbonyl (C=O) groups is 2. The Morgan fingerprint density at radius 1 is 0.640 bits per heavy atom. The Balaban J connectivity index is 1.85. The molecule has 2 N–H and O–H groups in total. The molecule has 3 heteroatoms. The molecule has 1 aliphatic carbocycles. The summed E-state index contributed by atoms with van der Waals surface area (Å²) in [5, 5.41) is 0. The fourth-order valence-corrected chi connectivity index (χ4v) is 2.98. The van der Waals surface area contributed by atoms with Crippen molar-refractivity contribution in [2.75, 3.05) is 5.73 Å². The molecule has 0 fully saturated rings. The molecule has 0 spiro atoms. The number of fused-ring (bicyclic) bond motifs is 2. The van der Waals surface area contributed by atoms with E-state index in [0.717, 1.165) is 5.56 Å². The Labute approximate surface area is 145 Å². The summed E-state index contributed by atoms with van der Waals surface area (Å²) < 4.78 is 0. The zero-order valence-electron chi connectivity index (χ0n) is 13.2. The van der Waals surface area contributed by atoms with Crippen LogP contribution < -0.4 is 5.73 Å². The van der Waals surface area contributed by atoms with Crippen LogP contribution in [0.5, 0.6) is 0 Å². The van der Waals surface area contributed by atoms with Gasteiger partial charge in [-0.3, -0.25) is 9.59 Å². The smallest absolute Gasteiger partial charge is 0.196 e. The van der Waals surface area contributed by atoms with Crippen molar-refractivity contribution in [1.82, 2.24) is 0 Å². The van der Waals surface area contributed by atoms with Gasteiger partial charge in [0.1, 0.15) is 0 Å². The molecule has 1 aliphatic rings. The van der Waals surface area contributed by atoms with Gasteiger partial charge in [0.2, 0.25) is 0 Å². The van der Waals surface area contributed by atoms with Crippen LogP contribution >= 0.6 is 0 Å². The van der Waals surface area contributed by atoms with Gasteiger partial charge in [0.25, 0.3) is 0 Å². The van der Waals surface area contributed by atoms with Crippen molar-refractivity contribution < 1.29 is 9.59 Å². The van der Waals surface area contributed by atoms with Crippen molar-refractivity contribution >= 4 is 17.3 Å². The highest BCUT2D eigenvalue weighted by Gasteiger charge is 2.31. The van der Waals surface area contributed by atoms with E-state index in [2.05, 4.69) is 11.8 Å². The lowest BCUT2D eigenvalue weighted by Crippen LogP contribution is -2.22. The second kappa shape index (κ2) is 5.77. The Kier molecular flexibility index (Phi) is 3.45. The molecule has 0 unspecified atom stereocenters. The molecule has 3 aromatic rings. The molecular formula is C22H13NO2.